The van der Waals surface area contributed by atoms with Gasteiger partial charge in [0.25, 0.3) is 11.8 Å². The Morgan fingerprint density at radius 1 is 1.09 bits per heavy atom. The monoisotopic (exact) mass is 632 g/mol. The molecule has 1 aromatic carbocycles. The number of halogens is 4. The van der Waals surface area contributed by atoms with Gasteiger partial charge in [-0.3, -0.25) is 19.1 Å². The summed E-state index contributed by atoms with van der Waals surface area (Å²) in [4.78, 5) is 44.5. The fourth-order valence-corrected chi connectivity index (χ4v) is 6.01. The molecule has 3 heterocycles. The lowest BCUT2D eigenvalue weighted by atomic mass is 9.86. The summed E-state index contributed by atoms with van der Waals surface area (Å²) in [6, 6.07) is 4.68. The molecule has 4 N–H and O–H groups in total. The average Bonchev–Trinajstić information content (AvgIpc) is 3.59. The predicted molar refractivity (Wildman–Crippen MR) is 155 cm³/mol. The van der Waals surface area contributed by atoms with E-state index in [1.54, 1.807) is 4.90 Å². The number of piperidine rings is 1. The van der Waals surface area contributed by atoms with Crippen molar-refractivity contribution in [1.82, 2.24) is 29.5 Å². The second kappa shape index (κ2) is 11.5. The van der Waals surface area contributed by atoms with Crippen LogP contribution in [0.4, 0.5) is 18.9 Å². The average molecular weight is 633 g/mol. The predicted octanol–water partition coefficient (Wildman–Crippen LogP) is 4.00. The zero-order valence-electron chi connectivity index (χ0n) is 23.9. The molecule has 1 saturated heterocycles. The number of hydrogen-bond acceptors (Lipinski definition) is 6. The van der Waals surface area contributed by atoms with E-state index in [-0.39, 0.29) is 69.2 Å². The lowest BCUT2D eigenvalue weighted by molar-refractivity contribution is -0.141. The van der Waals surface area contributed by atoms with Crippen LogP contribution in [0, 0.1) is 5.92 Å². The van der Waals surface area contributed by atoms with Crippen molar-refractivity contribution in [1.29, 1.82) is 0 Å². The molecule has 0 radical (unpaired) electrons. The smallest absolute Gasteiger partial charge is 0.353 e. The van der Waals surface area contributed by atoms with Gasteiger partial charge in [0.2, 0.25) is 5.91 Å². The molecule has 3 aromatic rings. The molecule has 234 valence electrons. The Hall–Kier alpha value is -3.91. The Bertz CT molecular complexity index is 1600. The fraction of sp³-hybridized carbons (Fsp3) is 0.483. The number of likely N-dealkylation sites (tertiary alicyclic amines) is 1. The minimum Gasteiger partial charge on any atom is -0.353 e. The highest BCUT2D eigenvalue weighted by molar-refractivity contribution is 6.34. The van der Waals surface area contributed by atoms with Crippen LogP contribution in [0.3, 0.4) is 0 Å². The molecule has 3 amide bonds. The fourth-order valence-electron chi connectivity index (χ4n) is 5.75. The Kier molecular flexibility index (Phi) is 7.91. The van der Waals surface area contributed by atoms with E-state index in [0.717, 1.165) is 25.7 Å². The van der Waals surface area contributed by atoms with Gasteiger partial charge >= 0.3 is 6.18 Å². The zero-order valence-corrected chi connectivity index (χ0v) is 24.7. The summed E-state index contributed by atoms with van der Waals surface area (Å²) >= 11 is 6.44. The highest BCUT2D eigenvalue weighted by Gasteiger charge is 2.40. The summed E-state index contributed by atoms with van der Waals surface area (Å²) in [7, 11) is 1.45. The van der Waals surface area contributed by atoms with Gasteiger partial charge in [0.15, 0.2) is 11.5 Å². The van der Waals surface area contributed by atoms with Crippen molar-refractivity contribution in [3.05, 3.63) is 52.7 Å². The van der Waals surface area contributed by atoms with Crippen LogP contribution < -0.4 is 16.4 Å². The van der Waals surface area contributed by atoms with Crippen LogP contribution in [-0.2, 0) is 18.0 Å². The molecule has 1 aliphatic heterocycles. The maximum atomic E-state index is 13.7. The van der Waals surface area contributed by atoms with E-state index >= 15 is 0 Å². The summed E-state index contributed by atoms with van der Waals surface area (Å²) in [5, 5.41) is 9.56. The maximum absolute atomic E-state index is 13.7. The van der Waals surface area contributed by atoms with Crippen molar-refractivity contribution < 1.29 is 27.6 Å². The number of carbonyl (C=O) groups is 3. The molecule has 11 nitrogen and oxygen atoms in total. The quantitative estimate of drug-likeness (QED) is 0.360. The number of rotatable bonds is 7. The highest BCUT2D eigenvalue weighted by atomic mass is 35.5. The van der Waals surface area contributed by atoms with Gasteiger partial charge in [0.05, 0.1) is 34.1 Å². The van der Waals surface area contributed by atoms with Gasteiger partial charge in [0, 0.05) is 50.0 Å². The largest absolute Gasteiger partial charge is 0.435 e. The topological polar surface area (TPSA) is 140 Å². The minimum atomic E-state index is -4.67. The first kappa shape index (κ1) is 30.1. The first-order chi connectivity index (χ1) is 20.9. The number of nitrogens with zero attached hydrogens (tertiary/aromatic N) is 5. The molecule has 3 fully saturated rings. The zero-order chi connectivity index (χ0) is 31.3. The Balaban J connectivity index is 1.09. The summed E-state index contributed by atoms with van der Waals surface area (Å²) in [6.07, 6.45) is 2.07. The molecular weight excluding hydrogens is 601 g/mol. The third-order valence-electron chi connectivity index (χ3n) is 8.52. The molecule has 6 rings (SSSR count). The van der Waals surface area contributed by atoms with E-state index in [9.17, 15) is 27.6 Å². The highest BCUT2D eigenvalue weighted by Crippen LogP contribution is 2.41. The molecule has 0 bridgehead atoms. The number of nitrogens with one attached hydrogen (secondary N) is 2. The number of imidazole rings is 1. The van der Waals surface area contributed by atoms with Crippen molar-refractivity contribution in [3.8, 4) is 11.3 Å². The van der Waals surface area contributed by atoms with Crippen LogP contribution >= 0.6 is 11.6 Å². The number of alkyl halides is 3. The van der Waals surface area contributed by atoms with Crippen LogP contribution in [0.2, 0.25) is 5.02 Å². The van der Waals surface area contributed by atoms with Crippen LogP contribution in [0.1, 0.15) is 71.2 Å². The second-order valence-corrected chi connectivity index (χ2v) is 12.2. The molecule has 2 saturated carbocycles. The Morgan fingerprint density at radius 2 is 1.80 bits per heavy atom. The van der Waals surface area contributed by atoms with E-state index in [2.05, 4.69) is 20.7 Å². The van der Waals surface area contributed by atoms with Gasteiger partial charge in [-0.2, -0.15) is 18.3 Å². The van der Waals surface area contributed by atoms with Gasteiger partial charge in [-0.05, 0) is 56.7 Å². The van der Waals surface area contributed by atoms with Gasteiger partial charge < -0.3 is 25.8 Å². The summed E-state index contributed by atoms with van der Waals surface area (Å²) < 4.78 is 43.8. The maximum Gasteiger partial charge on any atom is 0.435 e. The number of aromatic nitrogens is 4. The van der Waals surface area contributed by atoms with Crippen molar-refractivity contribution in [3.63, 3.8) is 0 Å². The Labute approximate surface area is 255 Å². The molecule has 0 unspecified atom stereocenters. The molecule has 0 atom stereocenters. The number of hydrogen-bond donors (Lipinski definition) is 3. The lowest BCUT2D eigenvalue weighted by Gasteiger charge is -2.36. The van der Waals surface area contributed by atoms with Crippen LogP contribution in [0.15, 0.2) is 30.6 Å². The SMILES string of the molecule is Cn1c(-c2cn(C3CC3)nc2C(F)(F)F)cnc1C(=O)Nc1ccc(C(=O)N2CCC(C(=O)N[C@H]3C[C@H](N)C3)CC2)c(Cl)c1. The third-order valence-corrected chi connectivity index (χ3v) is 8.83. The molecule has 0 spiro atoms. The molecule has 3 aliphatic rings. The van der Waals surface area contributed by atoms with E-state index in [0.29, 0.717) is 25.9 Å². The Morgan fingerprint density at radius 3 is 2.41 bits per heavy atom. The normalized spacial score (nSPS) is 20.7. The van der Waals surface area contributed by atoms with Crippen LogP contribution in [-0.4, -0.2) is 67.1 Å². The molecule has 2 aliphatic carbocycles. The first-order valence-electron chi connectivity index (χ1n) is 14.5. The molecular formula is C29H32ClF3N8O3. The molecule has 44 heavy (non-hydrogen) atoms. The van der Waals surface area contributed by atoms with E-state index in [1.165, 1.54) is 46.9 Å². The number of amides is 3. The summed E-state index contributed by atoms with van der Waals surface area (Å²) in [6.45, 7) is 0.819. The summed E-state index contributed by atoms with van der Waals surface area (Å²) in [5.74, 6) is -1.22. The van der Waals surface area contributed by atoms with Gasteiger partial charge in [-0.1, -0.05) is 11.6 Å². The van der Waals surface area contributed by atoms with E-state index < -0.39 is 17.8 Å². The number of nitrogens with two attached hydrogens (primary N) is 1. The van der Waals surface area contributed by atoms with Crippen molar-refractivity contribution in [2.24, 2.45) is 18.7 Å². The summed E-state index contributed by atoms with van der Waals surface area (Å²) in [5.41, 5.74) is 5.24. The van der Waals surface area contributed by atoms with E-state index in [4.69, 9.17) is 17.3 Å². The van der Waals surface area contributed by atoms with Crippen molar-refractivity contribution in [2.75, 3.05) is 18.4 Å². The van der Waals surface area contributed by atoms with Gasteiger partial charge in [0.1, 0.15) is 0 Å². The number of anilines is 1. The second-order valence-electron chi connectivity index (χ2n) is 11.8. The third kappa shape index (κ3) is 6.05. The van der Waals surface area contributed by atoms with Crippen LogP contribution in [0.25, 0.3) is 11.3 Å². The van der Waals surface area contributed by atoms with Gasteiger partial charge in [-0.25, -0.2) is 4.98 Å². The van der Waals surface area contributed by atoms with Crippen molar-refractivity contribution in [2.45, 2.75) is 62.8 Å². The van der Waals surface area contributed by atoms with Crippen LogP contribution in [0.5, 0.6) is 0 Å². The van der Waals surface area contributed by atoms with E-state index in [1.807, 2.05) is 0 Å². The standard InChI is InChI=1S/C29H32ClF3N8O3/c1-39-23(21-14-41(19-3-4-19)38-24(21)29(31,32)33)13-35-25(39)27(43)36-17-2-5-20(22(30)12-17)28(44)40-8-6-15(7-9-40)26(42)37-18-10-16(34)11-18/h2,5,12-16,18-19H,3-4,6-11,34H2,1H3,(H,36,43)(H,37,42)/t16-,18-. The number of benzene rings is 1. The van der Waals surface area contributed by atoms with Gasteiger partial charge in [-0.15, -0.1) is 0 Å². The van der Waals surface area contributed by atoms with Crippen molar-refractivity contribution >= 4 is 35.0 Å². The molecule has 15 heteroatoms. The lowest BCUT2D eigenvalue weighted by Crippen LogP contribution is -2.52. The first-order valence-corrected chi connectivity index (χ1v) is 14.9. The molecule has 2 aromatic heterocycles. The minimum absolute atomic E-state index is 0.00100. The number of carbonyl (C=O) groups excluding carboxylic acids is 3.